The van der Waals surface area contributed by atoms with Crippen LogP contribution in [-0.2, 0) is 23.2 Å². The van der Waals surface area contributed by atoms with Gasteiger partial charge in [0.25, 0.3) is 0 Å². The summed E-state index contributed by atoms with van der Waals surface area (Å²) in [5.41, 5.74) is 1.07. The molecular weight excluding hydrogens is 320 g/mol. The molecule has 0 aromatic carbocycles. The fourth-order valence-corrected chi connectivity index (χ4v) is 3.90. The van der Waals surface area contributed by atoms with Gasteiger partial charge >= 0.3 is 0 Å². The molecule has 0 N–H and O–H groups in total. The molecule has 0 aliphatic carbocycles. The van der Waals surface area contributed by atoms with Crippen molar-refractivity contribution in [3.63, 3.8) is 0 Å². The largest absolute Gasteiger partial charge is 0.467 e. The molecule has 0 unspecified atom stereocenters. The molecule has 2 aliphatic rings. The molecule has 2 fully saturated rings. The molecule has 2 amide bonds. The Bertz CT molecular complexity index is 767. The maximum absolute atomic E-state index is 13.0. The summed E-state index contributed by atoms with van der Waals surface area (Å²) in [4.78, 5) is 29.0. The average Bonchev–Trinajstić information content (AvgIpc) is 3.35. The van der Waals surface area contributed by atoms with Crippen molar-refractivity contribution in [2.24, 2.45) is 13.0 Å². The third kappa shape index (κ3) is 3.06. The van der Waals surface area contributed by atoms with E-state index in [9.17, 15) is 9.59 Å². The minimum atomic E-state index is -0.264. The van der Waals surface area contributed by atoms with Crippen LogP contribution in [0.2, 0.25) is 0 Å². The minimum absolute atomic E-state index is 0.0203. The van der Waals surface area contributed by atoms with Gasteiger partial charge in [0.1, 0.15) is 5.76 Å². The Labute approximate surface area is 146 Å². The summed E-state index contributed by atoms with van der Waals surface area (Å²) >= 11 is 0. The van der Waals surface area contributed by atoms with Gasteiger partial charge in [0.2, 0.25) is 11.8 Å². The van der Waals surface area contributed by atoms with Crippen molar-refractivity contribution < 1.29 is 14.0 Å². The van der Waals surface area contributed by atoms with E-state index in [1.807, 2.05) is 30.4 Å². The number of likely N-dealkylation sites (tertiary alicyclic amines) is 2. The highest BCUT2D eigenvalue weighted by Crippen LogP contribution is 2.34. The second kappa shape index (κ2) is 6.38. The quantitative estimate of drug-likeness (QED) is 0.848. The predicted octanol–water partition coefficient (Wildman–Crippen LogP) is 1.73. The summed E-state index contributed by atoms with van der Waals surface area (Å²) in [6, 6.07) is 3.73. The smallest absolute Gasteiger partial charge is 0.228 e. The van der Waals surface area contributed by atoms with Crippen LogP contribution in [-0.4, -0.2) is 44.5 Å². The maximum atomic E-state index is 13.0. The molecule has 0 saturated carbocycles. The first-order valence-electron chi connectivity index (χ1n) is 8.71. The fraction of sp³-hybridized carbons (Fsp3) is 0.500. The Hall–Kier alpha value is -2.57. The second-order valence-corrected chi connectivity index (χ2v) is 6.89. The van der Waals surface area contributed by atoms with Gasteiger partial charge in [0, 0.05) is 38.3 Å². The Morgan fingerprint density at radius 3 is 3.04 bits per heavy atom. The van der Waals surface area contributed by atoms with E-state index in [-0.39, 0.29) is 30.2 Å². The highest BCUT2D eigenvalue weighted by molar-refractivity contribution is 5.89. The van der Waals surface area contributed by atoms with Gasteiger partial charge in [-0.15, -0.1) is 0 Å². The van der Waals surface area contributed by atoms with Crippen LogP contribution in [0.3, 0.4) is 0 Å². The van der Waals surface area contributed by atoms with Gasteiger partial charge in [0.15, 0.2) is 0 Å². The number of aryl methyl sites for hydroxylation is 1. The van der Waals surface area contributed by atoms with Gasteiger partial charge in [-0.25, -0.2) is 0 Å². The molecule has 2 aromatic rings. The lowest BCUT2D eigenvalue weighted by Gasteiger charge is -2.26. The summed E-state index contributed by atoms with van der Waals surface area (Å²) in [6.07, 6.45) is 7.63. The van der Waals surface area contributed by atoms with E-state index in [4.69, 9.17) is 4.42 Å². The molecule has 4 heterocycles. The summed E-state index contributed by atoms with van der Waals surface area (Å²) in [5.74, 6) is 0.587. The number of amides is 2. The second-order valence-electron chi connectivity index (χ2n) is 6.89. The SMILES string of the molecule is Cn1cc([C@@H]2CCCN2C(=O)[C@H]2CC(=O)N(Cc3ccco3)C2)cn1. The van der Waals surface area contributed by atoms with Crippen LogP contribution in [0.25, 0.3) is 0 Å². The van der Waals surface area contributed by atoms with Gasteiger partial charge < -0.3 is 14.2 Å². The zero-order chi connectivity index (χ0) is 17.4. The lowest BCUT2D eigenvalue weighted by molar-refractivity contribution is -0.136. The van der Waals surface area contributed by atoms with E-state index < -0.39 is 0 Å². The molecule has 7 heteroatoms. The van der Waals surface area contributed by atoms with Gasteiger partial charge in [-0.2, -0.15) is 5.10 Å². The third-order valence-corrected chi connectivity index (χ3v) is 5.14. The van der Waals surface area contributed by atoms with E-state index in [1.54, 1.807) is 21.9 Å². The van der Waals surface area contributed by atoms with E-state index in [2.05, 4.69) is 5.10 Å². The van der Waals surface area contributed by atoms with E-state index >= 15 is 0 Å². The predicted molar refractivity (Wildman–Crippen MR) is 89.1 cm³/mol. The fourth-order valence-electron chi connectivity index (χ4n) is 3.90. The number of aromatic nitrogens is 2. The average molecular weight is 342 g/mol. The van der Waals surface area contributed by atoms with Crippen molar-refractivity contribution in [1.82, 2.24) is 19.6 Å². The van der Waals surface area contributed by atoms with Crippen molar-refractivity contribution in [2.75, 3.05) is 13.1 Å². The Balaban J connectivity index is 1.44. The third-order valence-electron chi connectivity index (χ3n) is 5.14. The van der Waals surface area contributed by atoms with E-state index in [0.717, 1.165) is 30.7 Å². The molecular formula is C18H22N4O3. The standard InChI is InChI=1S/C18H22N4O3/c1-20-10-14(9-19-20)16-5-2-6-22(16)18(24)13-8-17(23)21(11-13)12-15-4-3-7-25-15/h3-4,7,9-10,13,16H,2,5-6,8,11-12H2,1H3/t13-,16-/m0/s1. The molecule has 0 spiro atoms. The first-order chi connectivity index (χ1) is 12.1. The van der Waals surface area contributed by atoms with Crippen LogP contribution >= 0.6 is 0 Å². The highest BCUT2D eigenvalue weighted by atomic mass is 16.3. The van der Waals surface area contributed by atoms with Crippen LogP contribution in [0.1, 0.15) is 36.6 Å². The van der Waals surface area contributed by atoms with Crippen molar-refractivity contribution >= 4 is 11.8 Å². The number of carbonyl (C=O) groups is 2. The number of carbonyl (C=O) groups excluding carboxylic acids is 2. The normalized spacial score (nSPS) is 23.6. The lowest BCUT2D eigenvalue weighted by Crippen LogP contribution is -2.37. The van der Waals surface area contributed by atoms with E-state index in [0.29, 0.717) is 13.1 Å². The summed E-state index contributed by atoms with van der Waals surface area (Å²) < 4.78 is 7.08. The molecule has 0 bridgehead atoms. The summed E-state index contributed by atoms with van der Waals surface area (Å²) in [6.45, 7) is 1.65. The number of nitrogens with zero attached hydrogens (tertiary/aromatic N) is 4. The van der Waals surface area contributed by atoms with Crippen LogP contribution < -0.4 is 0 Å². The summed E-state index contributed by atoms with van der Waals surface area (Å²) in [5, 5.41) is 4.22. The zero-order valence-electron chi connectivity index (χ0n) is 14.3. The zero-order valence-corrected chi connectivity index (χ0v) is 14.3. The monoisotopic (exact) mass is 342 g/mol. The molecule has 2 saturated heterocycles. The van der Waals surface area contributed by atoms with Crippen molar-refractivity contribution in [3.8, 4) is 0 Å². The molecule has 132 valence electrons. The lowest BCUT2D eigenvalue weighted by atomic mass is 10.0. The highest BCUT2D eigenvalue weighted by Gasteiger charge is 2.40. The number of hydrogen-bond donors (Lipinski definition) is 0. The van der Waals surface area contributed by atoms with Gasteiger partial charge in [-0.1, -0.05) is 0 Å². The minimum Gasteiger partial charge on any atom is -0.467 e. The molecule has 4 rings (SSSR count). The number of hydrogen-bond acceptors (Lipinski definition) is 4. The van der Waals surface area contributed by atoms with Crippen LogP contribution in [0.5, 0.6) is 0 Å². The van der Waals surface area contributed by atoms with Crippen LogP contribution in [0.4, 0.5) is 0 Å². The van der Waals surface area contributed by atoms with Crippen LogP contribution in [0, 0.1) is 5.92 Å². The summed E-state index contributed by atoms with van der Waals surface area (Å²) in [7, 11) is 1.88. The Morgan fingerprint density at radius 2 is 2.32 bits per heavy atom. The van der Waals surface area contributed by atoms with Crippen molar-refractivity contribution in [3.05, 3.63) is 42.1 Å². The van der Waals surface area contributed by atoms with Crippen LogP contribution in [0.15, 0.2) is 35.2 Å². The van der Waals surface area contributed by atoms with Gasteiger partial charge in [0.05, 0.1) is 31.0 Å². The number of furan rings is 1. The molecule has 2 atom stereocenters. The first-order valence-corrected chi connectivity index (χ1v) is 8.71. The molecule has 2 aromatic heterocycles. The Morgan fingerprint density at radius 1 is 1.44 bits per heavy atom. The number of rotatable bonds is 4. The van der Waals surface area contributed by atoms with Gasteiger partial charge in [-0.3, -0.25) is 14.3 Å². The Kier molecular flexibility index (Phi) is 4.07. The maximum Gasteiger partial charge on any atom is 0.228 e. The molecule has 7 nitrogen and oxygen atoms in total. The molecule has 2 aliphatic heterocycles. The first kappa shape index (κ1) is 15.9. The molecule has 25 heavy (non-hydrogen) atoms. The topological polar surface area (TPSA) is 71.6 Å². The van der Waals surface area contributed by atoms with Crippen molar-refractivity contribution in [1.29, 1.82) is 0 Å². The van der Waals surface area contributed by atoms with Gasteiger partial charge in [-0.05, 0) is 25.0 Å². The van der Waals surface area contributed by atoms with Crippen molar-refractivity contribution in [2.45, 2.75) is 31.8 Å². The molecule has 0 radical (unpaired) electrons. The van der Waals surface area contributed by atoms with E-state index in [1.165, 1.54) is 0 Å².